The molecule has 8 heteroatoms. The van der Waals surface area contributed by atoms with Crippen molar-refractivity contribution in [2.75, 3.05) is 45.8 Å². The van der Waals surface area contributed by atoms with Crippen LogP contribution in [0.25, 0.3) is 0 Å². The highest BCUT2D eigenvalue weighted by Crippen LogP contribution is 2.22. The van der Waals surface area contributed by atoms with Crippen LogP contribution in [-0.2, 0) is 21.2 Å². The van der Waals surface area contributed by atoms with Crippen molar-refractivity contribution in [1.82, 2.24) is 14.1 Å². The van der Waals surface area contributed by atoms with E-state index >= 15 is 0 Å². The first-order chi connectivity index (χ1) is 15.4. The number of carbonyl (C=O) groups is 1. The van der Waals surface area contributed by atoms with E-state index in [9.17, 15) is 17.6 Å². The van der Waals surface area contributed by atoms with E-state index in [1.807, 2.05) is 6.07 Å². The smallest absolute Gasteiger partial charge is 0.243 e. The van der Waals surface area contributed by atoms with Crippen LogP contribution >= 0.6 is 0 Å². The lowest BCUT2D eigenvalue weighted by Crippen LogP contribution is -2.53. The lowest BCUT2D eigenvalue weighted by atomic mass is 9.90. The first kappa shape index (κ1) is 22.9. The third-order valence-electron chi connectivity index (χ3n) is 6.46. The number of hydrogen-bond donors (Lipinski definition) is 0. The van der Waals surface area contributed by atoms with Crippen LogP contribution < -0.4 is 0 Å². The van der Waals surface area contributed by atoms with Gasteiger partial charge in [0.1, 0.15) is 5.82 Å². The zero-order valence-corrected chi connectivity index (χ0v) is 19.0. The molecule has 172 valence electrons. The summed E-state index contributed by atoms with van der Waals surface area (Å²) in [5.41, 5.74) is 1.37. The van der Waals surface area contributed by atoms with Gasteiger partial charge in [0.2, 0.25) is 15.9 Å². The van der Waals surface area contributed by atoms with Gasteiger partial charge in [-0.25, -0.2) is 12.8 Å². The molecule has 2 aromatic carbocycles. The van der Waals surface area contributed by atoms with E-state index in [1.54, 1.807) is 4.90 Å². The Morgan fingerprint density at radius 1 is 0.906 bits per heavy atom. The van der Waals surface area contributed by atoms with Crippen molar-refractivity contribution in [3.63, 3.8) is 0 Å². The summed E-state index contributed by atoms with van der Waals surface area (Å²) < 4.78 is 40.3. The number of likely N-dealkylation sites (tertiary alicyclic amines) is 1. The second kappa shape index (κ2) is 10.1. The van der Waals surface area contributed by atoms with Crippen LogP contribution in [0.2, 0.25) is 0 Å². The molecule has 2 saturated heterocycles. The summed E-state index contributed by atoms with van der Waals surface area (Å²) in [5, 5.41) is 0. The highest BCUT2D eigenvalue weighted by atomic mass is 32.2. The third-order valence-corrected chi connectivity index (χ3v) is 8.35. The third kappa shape index (κ3) is 5.54. The summed E-state index contributed by atoms with van der Waals surface area (Å²) in [7, 11) is -3.75. The summed E-state index contributed by atoms with van der Waals surface area (Å²) in [4.78, 5) is 16.7. The second-order valence-electron chi connectivity index (χ2n) is 8.65. The standard InChI is InChI=1S/C24H30FN3O3S/c25-22-7-4-8-23(18-22)32(30,31)28-15-13-27(14-16-28)24(29)19-26-11-9-21(10-12-26)17-20-5-2-1-3-6-20/h1-8,18,21H,9-17,19H2. The van der Waals surface area contributed by atoms with Gasteiger partial charge in [0.05, 0.1) is 11.4 Å². The fraction of sp³-hybridized carbons (Fsp3) is 0.458. The van der Waals surface area contributed by atoms with Gasteiger partial charge in [-0.3, -0.25) is 9.69 Å². The number of carbonyl (C=O) groups excluding carboxylic acids is 1. The van der Waals surface area contributed by atoms with E-state index < -0.39 is 15.8 Å². The summed E-state index contributed by atoms with van der Waals surface area (Å²) in [6.07, 6.45) is 3.26. The van der Waals surface area contributed by atoms with Crippen molar-refractivity contribution in [3.8, 4) is 0 Å². The molecule has 0 saturated carbocycles. The maximum atomic E-state index is 13.4. The molecule has 2 aliphatic rings. The minimum absolute atomic E-state index is 0.0457. The van der Waals surface area contributed by atoms with Crippen LogP contribution in [0.5, 0.6) is 0 Å². The molecule has 0 aliphatic carbocycles. The number of nitrogens with zero attached hydrogens (tertiary/aromatic N) is 3. The lowest BCUT2D eigenvalue weighted by molar-refractivity contribution is -0.134. The van der Waals surface area contributed by atoms with Crippen molar-refractivity contribution in [2.24, 2.45) is 5.92 Å². The fourth-order valence-corrected chi connectivity index (χ4v) is 6.00. The monoisotopic (exact) mass is 459 g/mol. The summed E-state index contributed by atoms with van der Waals surface area (Å²) in [6, 6.07) is 15.6. The number of rotatable bonds is 6. The number of sulfonamides is 1. The molecule has 0 N–H and O–H groups in total. The summed E-state index contributed by atoms with van der Waals surface area (Å²) >= 11 is 0. The predicted octanol–water partition coefficient (Wildman–Crippen LogP) is 2.61. The van der Waals surface area contributed by atoms with Crippen LogP contribution in [0.4, 0.5) is 4.39 Å². The Morgan fingerprint density at radius 2 is 1.59 bits per heavy atom. The maximum Gasteiger partial charge on any atom is 0.243 e. The normalized spacial score (nSPS) is 19.2. The van der Waals surface area contributed by atoms with Gasteiger partial charge < -0.3 is 4.90 Å². The molecule has 0 bridgehead atoms. The van der Waals surface area contributed by atoms with Crippen molar-refractivity contribution in [2.45, 2.75) is 24.2 Å². The Hall–Kier alpha value is -2.29. The van der Waals surface area contributed by atoms with Gasteiger partial charge >= 0.3 is 0 Å². The molecule has 32 heavy (non-hydrogen) atoms. The Bertz CT molecular complexity index is 1020. The van der Waals surface area contributed by atoms with Gasteiger partial charge in [-0.05, 0) is 62.0 Å². The Kier molecular flexibility index (Phi) is 7.23. The van der Waals surface area contributed by atoms with Crippen LogP contribution in [0.15, 0.2) is 59.5 Å². The fourth-order valence-electron chi connectivity index (χ4n) is 4.54. The van der Waals surface area contributed by atoms with E-state index in [2.05, 4.69) is 29.2 Å². The topological polar surface area (TPSA) is 60.9 Å². The molecule has 0 spiro atoms. The SMILES string of the molecule is O=C(CN1CCC(Cc2ccccc2)CC1)N1CCN(S(=O)(=O)c2cccc(F)c2)CC1. The van der Waals surface area contributed by atoms with Gasteiger partial charge in [0, 0.05) is 26.2 Å². The molecule has 2 fully saturated rings. The molecule has 1 amide bonds. The number of piperazine rings is 1. The van der Waals surface area contributed by atoms with Crippen LogP contribution in [-0.4, -0.2) is 74.2 Å². The van der Waals surface area contributed by atoms with Gasteiger partial charge in [-0.1, -0.05) is 36.4 Å². The van der Waals surface area contributed by atoms with E-state index in [1.165, 1.54) is 28.1 Å². The zero-order valence-electron chi connectivity index (χ0n) is 18.2. The molecule has 0 atom stereocenters. The predicted molar refractivity (Wildman–Crippen MR) is 121 cm³/mol. The van der Waals surface area contributed by atoms with Gasteiger partial charge in [0.25, 0.3) is 0 Å². The highest BCUT2D eigenvalue weighted by Gasteiger charge is 2.31. The number of amides is 1. The highest BCUT2D eigenvalue weighted by molar-refractivity contribution is 7.89. The molecule has 2 aromatic rings. The maximum absolute atomic E-state index is 13.4. The quantitative estimate of drug-likeness (QED) is 0.666. The largest absolute Gasteiger partial charge is 0.339 e. The zero-order chi connectivity index (χ0) is 22.6. The van der Waals surface area contributed by atoms with Crippen LogP contribution in [0.1, 0.15) is 18.4 Å². The Labute approximate surface area is 189 Å². The lowest BCUT2D eigenvalue weighted by Gasteiger charge is -2.36. The number of piperidine rings is 1. The second-order valence-corrected chi connectivity index (χ2v) is 10.6. The van der Waals surface area contributed by atoms with E-state index in [4.69, 9.17) is 0 Å². The van der Waals surface area contributed by atoms with Crippen molar-refractivity contribution < 1.29 is 17.6 Å². The molecule has 2 aliphatic heterocycles. The molecule has 6 nitrogen and oxygen atoms in total. The van der Waals surface area contributed by atoms with Crippen LogP contribution in [0.3, 0.4) is 0 Å². The first-order valence-corrected chi connectivity index (χ1v) is 12.7. The van der Waals surface area contributed by atoms with Gasteiger partial charge in [0.15, 0.2) is 0 Å². The number of benzene rings is 2. The molecule has 0 radical (unpaired) electrons. The minimum atomic E-state index is -3.75. The van der Waals surface area contributed by atoms with E-state index in [0.29, 0.717) is 25.6 Å². The van der Waals surface area contributed by atoms with Crippen molar-refractivity contribution in [3.05, 3.63) is 66.0 Å². The molecule has 0 unspecified atom stereocenters. The van der Waals surface area contributed by atoms with Gasteiger partial charge in [-0.2, -0.15) is 4.31 Å². The molecular formula is C24H30FN3O3S. The Balaban J connectivity index is 1.23. The summed E-state index contributed by atoms with van der Waals surface area (Å²) in [5.74, 6) is 0.127. The molecule has 2 heterocycles. The average molecular weight is 460 g/mol. The first-order valence-electron chi connectivity index (χ1n) is 11.2. The van der Waals surface area contributed by atoms with Gasteiger partial charge in [-0.15, -0.1) is 0 Å². The molecule has 4 rings (SSSR count). The van der Waals surface area contributed by atoms with E-state index in [0.717, 1.165) is 38.4 Å². The van der Waals surface area contributed by atoms with Crippen molar-refractivity contribution >= 4 is 15.9 Å². The molecular weight excluding hydrogens is 429 g/mol. The number of halogens is 1. The Morgan fingerprint density at radius 3 is 2.25 bits per heavy atom. The average Bonchev–Trinajstić information content (AvgIpc) is 2.81. The molecule has 0 aromatic heterocycles. The van der Waals surface area contributed by atoms with Crippen LogP contribution in [0, 0.1) is 11.7 Å². The number of hydrogen-bond acceptors (Lipinski definition) is 4. The minimum Gasteiger partial charge on any atom is -0.339 e. The summed E-state index contributed by atoms with van der Waals surface area (Å²) in [6.45, 7) is 3.38. The van der Waals surface area contributed by atoms with Crippen molar-refractivity contribution in [1.29, 1.82) is 0 Å². The van der Waals surface area contributed by atoms with E-state index in [-0.39, 0.29) is 23.9 Å².